The van der Waals surface area contributed by atoms with Crippen molar-refractivity contribution in [3.63, 3.8) is 0 Å². The van der Waals surface area contributed by atoms with E-state index in [0.717, 1.165) is 0 Å². The molecule has 1 rings (SSSR count). The first kappa shape index (κ1) is 35.8. The molecule has 4 N–H and O–H groups in total. The standard InChI is InChI=1S/C9H10O3.C6H15NO3.2Na.H2O3S/c1-2-12-9(11)7-5-3-4-6-8(7)10;8-4-1-7(2-5-9)3-6-10;;;1-4(2)3/h3-6,10H,2H2,1H3;8-10H,1-6H2;;;(H2,1,2,3)/q;;2*+1;/p-2. The minimum atomic E-state index is -3.11. The van der Waals surface area contributed by atoms with Gasteiger partial charge >= 0.3 is 65.1 Å². The second-order valence-electron chi connectivity index (χ2n) is 4.45. The van der Waals surface area contributed by atoms with Crippen LogP contribution in [-0.2, 0) is 16.1 Å². The fraction of sp³-hybridized carbons (Fsp3) is 0.533. The van der Waals surface area contributed by atoms with Gasteiger partial charge in [-0.3, -0.25) is 9.11 Å². The summed E-state index contributed by atoms with van der Waals surface area (Å²) in [5.41, 5.74) is 0.208. The van der Waals surface area contributed by atoms with Gasteiger partial charge in [0.15, 0.2) is 0 Å². The van der Waals surface area contributed by atoms with Crippen molar-refractivity contribution in [3.05, 3.63) is 29.8 Å². The molecule has 0 bridgehead atoms. The summed E-state index contributed by atoms with van der Waals surface area (Å²) in [5, 5.41) is 34.7. The molecule has 0 aliphatic rings. The van der Waals surface area contributed by atoms with E-state index < -0.39 is 17.3 Å². The van der Waals surface area contributed by atoms with Gasteiger partial charge < -0.3 is 34.3 Å². The predicted molar refractivity (Wildman–Crippen MR) is 91.5 cm³/mol. The predicted octanol–water partition coefficient (Wildman–Crippen LogP) is -7.16. The van der Waals surface area contributed by atoms with E-state index in [0.29, 0.717) is 26.2 Å². The zero-order chi connectivity index (χ0) is 20.4. The van der Waals surface area contributed by atoms with E-state index in [9.17, 15) is 9.90 Å². The number of aromatic hydroxyl groups is 1. The summed E-state index contributed by atoms with van der Waals surface area (Å²) in [6.45, 7) is 3.79. The summed E-state index contributed by atoms with van der Waals surface area (Å²) < 4.78 is 30.0. The van der Waals surface area contributed by atoms with Crippen LogP contribution in [0.3, 0.4) is 0 Å². The monoisotopic (exact) mass is 441 g/mol. The number of aliphatic hydroxyl groups is 3. The normalized spacial score (nSPS) is 9.14. The Balaban J connectivity index is -0.000000165. The number of rotatable bonds is 8. The Labute approximate surface area is 211 Å². The number of hydrogen-bond donors (Lipinski definition) is 4. The van der Waals surface area contributed by atoms with Crippen molar-refractivity contribution < 1.29 is 102 Å². The molecule has 1 aromatic carbocycles. The maximum absolute atomic E-state index is 11.1. The molecule has 13 heteroatoms. The average molecular weight is 441 g/mol. The van der Waals surface area contributed by atoms with Crippen molar-refractivity contribution in [2.75, 3.05) is 46.1 Å². The summed E-state index contributed by atoms with van der Waals surface area (Å²) in [5.74, 6) is -0.536. The molecule has 1 aromatic rings. The Kier molecular flexibility index (Phi) is 32.5. The molecule has 0 aromatic heterocycles. The molecule has 0 atom stereocenters. The minimum Gasteiger partial charge on any atom is -0.784 e. The summed E-state index contributed by atoms with van der Waals surface area (Å²) >= 11 is -3.11. The van der Waals surface area contributed by atoms with Gasteiger partial charge in [-0.2, -0.15) is 0 Å². The van der Waals surface area contributed by atoms with E-state index in [1.165, 1.54) is 12.1 Å². The molecule has 0 saturated carbocycles. The van der Waals surface area contributed by atoms with Gasteiger partial charge in [0.2, 0.25) is 0 Å². The van der Waals surface area contributed by atoms with Gasteiger partial charge in [-0.25, -0.2) is 4.79 Å². The van der Waals surface area contributed by atoms with Crippen LogP contribution in [0.5, 0.6) is 5.75 Å². The maximum Gasteiger partial charge on any atom is 1.00 e. The van der Waals surface area contributed by atoms with Crippen LogP contribution in [0.25, 0.3) is 0 Å². The van der Waals surface area contributed by atoms with Crippen molar-refractivity contribution in [1.82, 2.24) is 4.90 Å². The van der Waals surface area contributed by atoms with Gasteiger partial charge in [0, 0.05) is 19.6 Å². The van der Waals surface area contributed by atoms with E-state index in [1.54, 1.807) is 24.0 Å². The largest absolute Gasteiger partial charge is 1.00 e. The van der Waals surface area contributed by atoms with Gasteiger partial charge in [0.1, 0.15) is 11.3 Å². The molecule has 0 spiro atoms. The van der Waals surface area contributed by atoms with Gasteiger partial charge in [-0.05, 0) is 19.1 Å². The van der Waals surface area contributed by atoms with Crippen molar-refractivity contribution in [2.24, 2.45) is 0 Å². The molecule has 0 unspecified atom stereocenters. The molecule has 0 amide bonds. The van der Waals surface area contributed by atoms with Gasteiger partial charge in [0.05, 0.1) is 26.4 Å². The van der Waals surface area contributed by atoms with Crippen molar-refractivity contribution >= 4 is 17.3 Å². The molecule has 0 radical (unpaired) electrons. The van der Waals surface area contributed by atoms with Gasteiger partial charge in [-0.1, -0.05) is 12.1 Å². The number of para-hydroxylation sites is 1. The zero-order valence-corrected chi connectivity index (χ0v) is 21.3. The van der Waals surface area contributed by atoms with E-state index in [-0.39, 0.29) is 90.2 Å². The molecule has 0 heterocycles. The van der Waals surface area contributed by atoms with Crippen LogP contribution < -0.4 is 59.1 Å². The molecular formula is C15H25NNa2O9S. The molecule has 152 valence electrons. The zero-order valence-electron chi connectivity index (χ0n) is 16.4. The Morgan fingerprint density at radius 1 is 1.04 bits per heavy atom. The first-order valence-electron chi connectivity index (χ1n) is 7.60. The molecular weight excluding hydrogens is 416 g/mol. The summed E-state index contributed by atoms with van der Waals surface area (Å²) in [6.07, 6.45) is 0. The number of benzene rings is 1. The molecule has 0 saturated heterocycles. The fourth-order valence-corrected chi connectivity index (χ4v) is 1.61. The third-order valence-corrected chi connectivity index (χ3v) is 2.65. The smallest absolute Gasteiger partial charge is 0.784 e. The van der Waals surface area contributed by atoms with Crippen molar-refractivity contribution in [1.29, 1.82) is 0 Å². The van der Waals surface area contributed by atoms with Crippen LogP contribution in [0.15, 0.2) is 24.3 Å². The maximum atomic E-state index is 11.1. The molecule has 0 aliphatic carbocycles. The number of ether oxygens (including phenoxy) is 1. The molecule has 0 aliphatic heterocycles. The van der Waals surface area contributed by atoms with E-state index in [1.807, 2.05) is 0 Å². The quantitative estimate of drug-likeness (QED) is 0.172. The Morgan fingerprint density at radius 3 is 1.75 bits per heavy atom. The van der Waals surface area contributed by atoms with Crippen LogP contribution in [0, 0.1) is 0 Å². The number of phenols is 1. The third-order valence-electron chi connectivity index (χ3n) is 2.65. The second kappa shape index (κ2) is 25.4. The van der Waals surface area contributed by atoms with E-state index in [4.69, 9.17) is 33.4 Å². The number of phenolic OH excluding ortho intramolecular Hbond substituents is 1. The fourth-order valence-electron chi connectivity index (χ4n) is 1.61. The Morgan fingerprint density at radius 2 is 1.43 bits per heavy atom. The summed E-state index contributed by atoms with van der Waals surface area (Å²) in [6, 6.07) is 6.30. The van der Waals surface area contributed by atoms with Crippen LogP contribution in [-0.4, -0.2) is 90.7 Å². The second-order valence-corrected chi connectivity index (χ2v) is 4.86. The molecule has 10 nitrogen and oxygen atoms in total. The number of nitrogens with zero attached hydrogens (tertiary/aromatic N) is 1. The van der Waals surface area contributed by atoms with E-state index in [2.05, 4.69) is 0 Å². The topological polar surface area (TPSA) is 174 Å². The Bertz CT molecular complexity index is 494. The van der Waals surface area contributed by atoms with Crippen molar-refractivity contribution in [2.45, 2.75) is 6.92 Å². The number of carbonyl (C=O) groups is 1. The summed E-state index contributed by atoms with van der Waals surface area (Å²) in [7, 11) is 0. The first-order valence-corrected chi connectivity index (χ1v) is 8.60. The number of carbonyl (C=O) groups excluding carboxylic acids is 1. The van der Waals surface area contributed by atoms with Crippen LogP contribution >= 0.6 is 0 Å². The van der Waals surface area contributed by atoms with Crippen LogP contribution in [0.4, 0.5) is 0 Å². The average Bonchev–Trinajstić information content (AvgIpc) is 2.56. The SMILES string of the molecule is CCOC(=O)c1ccccc1O.O=S([O-])[O-].OCCN(CCO)CCO.[Na+].[Na+]. The van der Waals surface area contributed by atoms with Gasteiger partial charge in [0.25, 0.3) is 0 Å². The van der Waals surface area contributed by atoms with Crippen molar-refractivity contribution in [3.8, 4) is 5.75 Å². The molecule has 28 heavy (non-hydrogen) atoms. The number of aliphatic hydroxyl groups excluding tert-OH is 3. The minimum absolute atomic E-state index is 0. The van der Waals surface area contributed by atoms with Crippen LogP contribution in [0.2, 0.25) is 0 Å². The number of esters is 1. The van der Waals surface area contributed by atoms with Crippen LogP contribution in [0.1, 0.15) is 17.3 Å². The third kappa shape index (κ3) is 22.7. The van der Waals surface area contributed by atoms with Gasteiger partial charge in [-0.15, -0.1) is 11.4 Å². The van der Waals surface area contributed by atoms with E-state index >= 15 is 0 Å². The first-order chi connectivity index (χ1) is 12.3. The number of hydrogen-bond acceptors (Lipinski definition) is 10. The Hall–Kier alpha value is 0.400. The summed E-state index contributed by atoms with van der Waals surface area (Å²) in [4.78, 5) is 12.9. The molecule has 0 fully saturated rings.